The largest absolute Gasteiger partial charge is 0.491 e. The Morgan fingerprint density at radius 3 is 2.54 bits per heavy atom. The monoisotopic (exact) mass is 397 g/mol. The maximum Gasteiger partial charge on any atom is 0.256 e. The fourth-order valence-electron chi connectivity index (χ4n) is 3.05. The minimum Gasteiger partial charge on any atom is -0.491 e. The van der Waals surface area contributed by atoms with E-state index in [1.807, 2.05) is 13.8 Å². The lowest BCUT2D eigenvalue weighted by Crippen LogP contribution is -2.16. The highest BCUT2D eigenvalue weighted by Crippen LogP contribution is 2.36. The summed E-state index contributed by atoms with van der Waals surface area (Å²) in [5, 5.41) is 7.62. The predicted molar refractivity (Wildman–Crippen MR) is 109 cm³/mol. The van der Waals surface area contributed by atoms with Crippen LogP contribution in [0.15, 0.2) is 48.5 Å². The molecule has 2 heterocycles. The van der Waals surface area contributed by atoms with Crippen molar-refractivity contribution >= 4 is 23.5 Å². The van der Waals surface area contributed by atoms with Crippen molar-refractivity contribution in [3.05, 3.63) is 71.2 Å². The highest BCUT2D eigenvalue weighted by atomic mass is 32.2. The first-order valence-corrected chi connectivity index (χ1v) is 10.2. The number of fused-ring (bicyclic) bond motifs is 1. The molecule has 0 bridgehead atoms. The molecular weight excluding hydrogens is 377 g/mol. The van der Waals surface area contributed by atoms with Crippen LogP contribution in [0.1, 0.15) is 35.5 Å². The molecule has 1 amide bonds. The van der Waals surface area contributed by atoms with Gasteiger partial charge in [-0.2, -0.15) is 16.9 Å². The van der Waals surface area contributed by atoms with E-state index in [1.165, 1.54) is 12.1 Å². The summed E-state index contributed by atoms with van der Waals surface area (Å²) in [5.74, 6) is 2.41. The molecule has 1 N–H and O–H groups in total. The molecule has 1 aromatic heterocycles. The highest BCUT2D eigenvalue weighted by molar-refractivity contribution is 7.98. The second-order valence-corrected chi connectivity index (χ2v) is 7.79. The topological polar surface area (TPSA) is 56.1 Å². The molecule has 0 atom stereocenters. The van der Waals surface area contributed by atoms with Crippen LogP contribution in [0.5, 0.6) is 5.75 Å². The standard InChI is InChI=1S/C21H20FN3O2S/c1-13(2)27-17-9-3-14(4-10-17)21(26)23-20-18-11-28-12-19(18)24-25(20)16-7-5-15(22)6-8-16/h3-10,13H,11-12H2,1-2H3,(H,23,26). The number of ether oxygens (including phenoxy) is 1. The van der Waals surface area contributed by atoms with Crippen molar-refractivity contribution in [1.82, 2.24) is 9.78 Å². The number of hydrogen-bond acceptors (Lipinski definition) is 4. The van der Waals surface area contributed by atoms with Gasteiger partial charge in [0.2, 0.25) is 0 Å². The Labute approximate surface area is 166 Å². The van der Waals surface area contributed by atoms with E-state index < -0.39 is 0 Å². The minimum atomic E-state index is -0.312. The van der Waals surface area contributed by atoms with Gasteiger partial charge in [-0.1, -0.05) is 0 Å². The first kappa shape index (κ1) is 18.6. The molecule has 28 heavy (non-hydrogen) atoms. The van der Waals surface area contributed by atoms with Crippen LogP contribution in [0.3, 0.4) is 0 Å². The summed E-state index contributed by atoms with van der Waals surface area (Å²) in [6, 6.07) is 13.1. The van der Waals surface area contributed by atoms with Gasteiger partial charge in [0, 0.05) is 22.6 Å². The lowest BCUT2D eigenvalue weighted by molar-refractivity contribution is 0.102. The summed E-state index contributed by atoms with van der Waals surface area (Å²) in [4.78, 5) is 12.8. The van der Waals surface area contributed by atoms with Gasteiger partial charge >= 0.3 is 0 Å². The van der Waals surface area contributed by atoms with Crippen LogP contribution >= 0.6 is 11.8 Å². The smallest absolute Gasteiger partial charge is 0.256 e. The van der Waals surface area contributed by atoms with Gasteiger partial charge in [-0.15, -0.1) is 0 Å². The van der Waals surface area contributed by atoms with E-state index in [9.17, 15) is 9.18 Å². The van der Waals surface area contributed by atoms with E-state index in [0.717, 1.165) is 28.5 Å². The normalized spacial score (nSPS) is 12.9. The molecule has 3 aromatic rings. The van der Waals surface area contributed by atoms with E-state index >= 15 is 0 Å². The zero-order chi connectivity index (χ0) is 19.7. The molecule has 1 aliphatic rings. The van der Waals surface area contributed by atoms with Gasteiger partial charge in [-0.05, 0) is 62.4 Å². The predicted octanol–water partition coefficient (Wildman–Crippen LogP) is 4.80. The number of rotatable bonds is 5. The van der Waals surface area contributed by atoms with Crippen LogP contribution in [0.4, 0.5) is 10.2 Å². The zero-order valence-corrected chi connectivity index (χ0v) is 16.4. The number of amides is 1. The fourth-order valence-corrected chi connectivity index (χ4v) is 4.08. The van der Waals surface area contributed by atoms with E-state index in [4.69, 9.17) is 4.74 Å². The summed E-state index contributed by atoms with van der Waals surface area (Å²) in [6.45, 7) is 3.91. The summed E-state index contributed by atoms with van der Waals surface area (Å²) in [7, 11) is 0. The van der Waals surface area contributed by atoms with Crippen LogP contribution in [-0.2, 0) is 11.5 Å². The number of aromatic nitrogens is 2. The Morgan fingerprint density at radius 2 is 1.86 bits per heavy atom. The molecule has 1 aliphatic heterocycles. The van der Waals surface area contributed by atoms with Crippen LogP contribution in [0.2, 0.25) is 0 Å². The van der Waals surface area contributed by atoms with Gasteiger partial charge in [0.25, 0.3) is 5.91 Å². The summed E-state index contributed by atoms with van der Waals surface area (Å²) < 4.78 is 20.6. The Kier molecular flexibility index (Phi) is 5.09. The molecule has 5 nitrogen and oxygen atoms in total. The zero-order valence-electron chi connectivity index (χ0n) is 15.6. The molecule has 2 aromatic carbocycles. The Morgan fingerprint density at radius 1 is 1.14 bits per heavy atom. The first-order chi connectivity index (χ1) is 13.5. The van der Waals surface area contributed by atoms with Crippen molar-refractivity contribution in [2.24, 2.45) is 0 Å². The van der Waals surface area contributed by atoms with Crippen molar-refractivity contribution in [2.45, 2.75) is 31.5 Å². The first-order valence-electron chi connectivity index (χ1n) is 9.04. The minimum absolute atomic E-state index is 0.0739. The number of nitrogens with zero attached hydrogens (tertiary/aromatic N) is 2. The summed E-state index contributed by atoms with van der Waals surface area (Å²) in [6.07, 6.45) is 0.0739. The maximum absolute atomic E-state index is 13.3. The third-order valence-electron chi connectivity index (χ3n) is 4.34. The average molecular weight is 397 g/mol. The quantitative estimate of drug-likeness (QED) is 0.672. The van der Waals surface area contributed by atoms with Crippen molar-refractivity contribution in [3.8, 4) is 11.4 Å². The molecule has 0 saturated heterocycles. The number of anilines is 1. The van der Waals surface area contributed by atoms with Crippen molar-refractivity contribution in [3.63, 3.8) is 0 Å². The summed E-state index contributed by atoms with van der Waals surface area (Å²) >= 11 is 1.76. The van der Waals surface area contributed by atoms with Crippen molar-refractivity contribution in [2.75, 3.05) is 5.32 Å². The molecule has 4 rings (SSSR count). The molecule has 0 aliphatic carbocycles. The molecule has 7 heteroatoms. The van der Waals surface area contributed by atoms with E-state index in [1.54, 1.807) is 52.8 Å². The van der Waals surface area contributed by atoms with Crippen LogP contribution in [0, 0.1) is 5.82 Å². The van der Waals surface area contributed by atoms with E-state index in [2.05, 4.69) is 10.4 Å². The van der Waals surface area contributed by atoms with Gasteiger partial charge in [0.1, 0.15) is 17.4 Å². The SMILES string of the molecule is CC(C)Oc1ccc(C(=O)Nc2c3c(nn2-c2ccc(F)cc2)CSC3)cc1. The summed E-state index contributed by atoms with van der Waals surface area (Å²) in [5.41, 5.74) is 3.20. The molecule has 0 radical (unpaired) electrons. The molecular formula is C21H20FN3O2S. The third-order valence-corrected chi connectivity index (χ3v) is 5.31. The number of benzene rings is 2. The third kappa shape index (κ3) is 3.75. The maximum atomic E-state index is 13.3. The second kappa shape index (κ2) is 7.67. The lowest BCUT2D eigenvalue weighted by atomic mass is 10.2. The second-order valence-electron chi connectivity index (χ2n) is 6.80. The Bertz CT molecular complexity index is 998. The van der Waals surface area contributed by atoms with Crippen LogP contribution < -0.4 is 10.1 Å². The van der Waals surface area contributed by atoms with Gasteiger partial charge in [-0.3, -0.25) is 4.79 Å². The van der Waals surface area contributed by atoms with Gasteiger partial charge < -0.3 is 10.1 Å². The Hall–Kier alpha value is -2.80. The average Bonchev–Trinajstić information content (AvgIpc) is 3.25. The van der Waals surface area contributed by atoms with Crippen LogP contribution in [0.25, 0.3) is 5.69 Å². The number of hydrogen-bond donors (Lipinski definition) is 1. The van der Waals surface area contributed by atoms with Gasteiger partial charge in [-0.25, -0.2) is 9.07 Å². The van der Waals surface area contributed by atoms with Crippen molar-refractivity contribution in [1.29, 1.82) is 0 Å². The van der Waals surface area contributed by atoms with E-state index in [-0.39, 0.29) is 17.8 Å². The number of carbonyl (C=O) groups excluding carboxylic acids is 1. The Balaban J connectivity index is 1.62. The number of thioether (sulfide) groups is 1. The fraction of sp³-hybridized carbons (Fsp3) is 0.238. The molecule has 0 unspecified atom stereocenters. The van der Waals surface area contributed by atoms with Crippen molar-refractivity contribution < 1.29 is 13.9 Å². The number of nitrogens with one attached hydrogen (secondary N) is 1. The van der Waals surface area contributed by atoms with Gasteiger partial charge in [0.05, 0.1) is 17.5 Å². The number of halogens is 1. The van der Waals surface area contributed by atoms with Crippen LogP contribution in [-0.4, -0.2) is 21.8 Å². The molecule has 0 saturated carbocycles. The molecule has 144 valence electrons. The molecule has 0 fully saturated rings. The van der Waals surface area contributed by atoms with Gasteiger partial charge in [0.15, 0.2) is 0 Å². The number of carbonyl (C=O) groups is 1. The van der Waals surface area contributed by atoms with E-state index in [0.29, 0.717) is 17.1 Å². The molecule has 0 spiro atoms. The lowest BCUT2D eigenvalue weighted by Gasteiger charge is -2.12. The highest BCUT2D eigenvalue weighted by Gasteiger charge is 2.25.